The quantitative estimate of drug-likeness (QED) is 0.820. The van der Waals surface area contributed by atoms with Crippen LogP contribution in [-0.2, 0) is 14.7 Å². The molecule has 0 spiro atoms. The first-order chi connectivity index (χ1) is 9.65. The lowest BCUT2D eigenvalue weighted by Crippen LogP contribution is -2.41. The van der Waals surface area contributed by atoms with Crippen LogP contribution in [0, 0.1) is 0 Å². The van der Waals surface area contributed by atoms with Crippen molar-refractivity contribution in [2.24, 2.45) is 0 Å². The smallest absolute Gasteiger partial charge is 0.399 e. The number of aliphatic hydroxyl groups excluding tert-OH is 2. The van der Waals surface area contributed by atoms with Crippen LogP contribution >= 0.6 is 0 Å². The van der Waals surface area contributed by atoms with Gasteiger partial charge in [-0.15, -0.1) is 0 Å². The molecule has 116 valence electrons. The van der Waals surface area contributed by atoms with E-state index in [-0.39, 0.29) is 24.4 Å². The summed E-state index contributed by atoms with van der Waals surface area (Å²) < 4.78 is 12.0. The highest BCUT2D eigenvalue weighted by atomic mass is 16.7. The Labute approximate surface area is 127 Å². The molecule has 0 amide bonds. The van der Waals surface area contributed by atoms with E-state index in [2.05, 4.69) is 0 Å². The molecule has 0 atom stereocenters. The normalized spacial score (nSPS) is 20.8. The second-order valence-electron chi connectivity index (χ2n) is 7.09. The van der Waals surface area contributed by atoms with Gasteiger partial charge in [0.2, 0.25) is 0 Å². The van der Waals surface area contributed by atoms with Crippen LogP contribution in [0.25, 0.3) is 0 Å². The minimum absolute atomic E-state index is 0.0979. The predicted octanol–water partition coefficient (Wildman–Crippen LogP) is 1.23. The maximum absolute atomic E-state index is 9.45. The zero-order valence-corrected chi connectivity index (χ0v) is 13.5. The van der Waals surface area contributed by atoms with Crippen molar-refractivity contribution in [1.29, 1.82) is 0 Å². The summed E-state index contributed by atoms with van der Waals surface area (Å²) in [4.78, 5) is 0. The van der Waals surface area contributed by atoms with Crippen LogP contribution in [0.2, 0.25) is 0 Å². The maximum Gasteiger partial charge on any atom is 0.494 e. The Morgan fingerprint density at radius 1 is 0.952 bits per heavy atom. The number of benzene rings is 1. The summed E-state index contributed by atoms with van der Waals surface area (Å²) in [5.74, 6) is 0. The molecular formula is C16H25BO4. The summed E-state index contributed by atoms with van der Waals surface area (Å²) in [6.45, 7) is 9.73. The topological polar surface area (TPSA) is 58.9 Å². The summed E-state index contributed by atoms with van der Waals surface area (Å²) in [7, 11) is -0.390. The average Bonchev–Trinajstić information content (AvgIpc) is 2.67. The van der Waals surface area contributed by atoms with Gasteiger partial charge < -0.3 is 19.5 Å². The minimum atomic E-state index is -0.630. The monoisotopic (exact) mass is 292 g/mol. The first-order valence-corrected chi connectivity index (χ1v) is 7.33. The van der Waals surface area contributed by atoms with Crippen molar-refractivity contribution in [1.82, 2.24) is 0 Å². The molecule has 1 aliphatic heterocycles. The van der Waals surface area contributed by atoms with Crippen LogP contribution in [0.3, 0.4) is 0 Å². The van der Waals surface area contributed by atoms with Crippen LogP contribution in [0.5, 0.6) is 0 Å². The van der Waals surface area contributed by atoms with E-state index < -0.39 is 12.5 Å². The molecule has 0 saturated carbocycles. The molecule has 1 aliphatic rings. The van der Waals surface area contributed by atoms with Gasteiger partial charge in [0, 0.05) is 5.41 Å². The predicted molar refractivity (Wildman–Crippen MR) is 83.7 cm³/mol. The lowest BCUT2D eigenvalue weighted by molar-refractivity contribution is 0.00578. The molecule has 21 heavy (non-hydrogen) atoms. The molecule has 2 rings (SSSR count). The number of aliphatic hydroxyl groups is 2. The highest BCUT2D eigenvalue weighted by Crippen LogP contribution is 2.36. The highest BCUT2D eigenvalue weighted by Gasteiger charge is 2.51. The molecule has 0 bridgehead atoms. The van der Waals surface area contributed by atoms with Crippen LogP contribution in [0.1, 0.15) is 40.2 Å². The second kappa shape index (κ2) is 5.40. The largest absolute Gasteiger partial charge is 0.494 e. The van der Waals surface area contributed by atoms with E-state index in [9.17, 15) is 10.2 Å². The molecule has 5 heteroatoms. The summed E-state index contributed by atoms with van der Waals surface area (Å²) in [6, 6.07) is 7.68. The highest BCUT2D eigenvalue weighted by molar-refractivity contribution is 6.62. The fraction of sp³-hybridized carbons (Fsp3) is 0.625. The Morgan fingerprint density at radius 3 is 1.76 bits per heavy atom. The summed E-state index contributed by atoms with van der Waals surface area (Å²) >= 11 is 0. The van der Waals surface area contributed by atoms with E-state index in [1.165, 1.54) is 0 Å². The standard InChI is InChI=1S/C16H25BO4/c1-14(2)15(3,4)21-17(20-14)13-8-6-12(7-9-13)16(5,10-18)11-19/h6-9,18-19H,10-11H2,1-5H3. The first-order valence-electron chi connectivity index (χ1n) is 7.33. The molecule has 0 aromatic heterocycles. The second-order valence-corrected chi connectivity index (χ2v) is 7.09. The molecule has 4 nitrogen and oxygen atoms in total. The van der Waals surface area contributed by atoms with Gasteiger partial charge in [0.1, 0.15) is 0 Å². The van der Waals surface area contributed by atoms with Gasteiger partial charge in [-0.05, 0) is 38.7 Å². The summed E-state index contributed by atoms with van der Waals surface area (Å²) in [5, 5.41) is 18.9. The van der Waals surface area contributed by atoms with Crippen LogP contribution in [0.4, 0.5) is 0 Å². The molecule has 1 saturated heterocycles. The maximum atomic E-state index is 9.45. The van der Waals surface area contributed by atoms with E-state index >= 15 is 0 Å². The van der Waals surface area contributed by atoms with Gasteiger partial charge in [-0.25, -0.2) is 0 Å². The van der Waals surface area contributed by atoms with Crippen molar-refractivity contribution < 1.29 is 19.5 Å². The SMILES string of the molecule is CC(CO)(CO)c1ccc(B2OC(C)(C)C(C)(C)O2)cc1. The Balaban J connectivity index is 2.22. The van der Waals surface area contributed by atoms with Gasteiger partial charge in [0.15, 0.2) is 0 Å². The van der Waals surface area contributed by atoms with Crippen molar-refractivity contribution in [3.8, 4) is 0 Å². The molecule has 2 N–H and O–H groups in total. The van der Waals surface area contributed by atoms with E-state index in [0.29, 0.717) is 0 Å². The van der Waals surface area contributed by atoms with Crippen LogP contribution in [-0.4, -0.2) is 41.7 Å². The van der Waals surface area contributed by atoms with E-state index in [1.807, 2.05) is 58.9 Å². The van der Waals surface area contributed by atoms with E-state index in [1.54, 1.807) is 0 Å². The average molecular weight is 292 g/mol. The summed E-state index contributed by atoms with van der Waals surface area (Å²) in [6.07, 6.45) is 0. The molecule has 0 unspecified atom stereocenters. The van der Waals surface area contributed by atoms with Crippen molar-refractivity contribution >= 4 is 12.6 Å². The first kappa shape index (κ1) is 16.5. The van der Waals surface area contributed by atoms with Crippen molar-refractivity contribution in [3.63, 3.8) is 0 Å². The van der Waals surface area contributed by atoms with E-state index in [4.69, 9.17) is 9.31 Å². The Morgan fingerprint density at radius 2 is 1.38 bits per heavy atom. The van der Waals surface area contributed by atoms with Gasteiger partial charge in [0.05, 0.1) is 24.4 Å². The van der Waals surface area contributed by atoms with Gasteiger partial charge in [-0.2, -0.15) is 0 Å². The van der Waals surface area contributed by atoms with Crippen molar-refractivity contribution in [2.45, 2.75) is 51.2 Å². The van der Waals surface area contributed by atoms with Crippen LogP contribution < -0.4 is 5.46 Å². The van der Waals surface area contributed by atoms with Gasteiger partial charge in [-0.1, -0.05) is 31.2 Å². The fourth-order valence-electron chi connectivity index (χ4n) is 2.25. The molecular weight excluding hydrogens is 267 g/mol. The Bertz CT molecular complexity index is 476. The van der Waals surface area contributed by atoms with Crippen molar-refractivity contribution in [3.05, 3.63) is 29.8 Å². The molecule has 0 aliphatic carbocycles. The molecule has 0 radical (unpaired) electrons. The van der Waals surface area contributed by atoms with E-state index in [0.717, 1.165) is 11.0 Å². The Kier molecular flexibility index (Phi) is 4.24. The van der Waals surface area contributed by atoms with Crippen LogP contribution in [0.15, 0.2) is 24.3 Å². The fourth-order valence-corrected chi connectivity index (χ4v) is 2.25. The summed E-state index contributed by atoms with van der Waals surface area (Å²) in [5.41, 5.74) is 0.486. The minimum Gasteiger partial charge on any atom is -0.399 e. The molecule has 1 aromatic carbocycles. The van der Waals surface area contributed by atoms with Gasteiger partial charge >= 0.3 is 7.12 Å². The molecule has 1 aromatic rings. The zero-order chi connectivity index (χ0) is 15.9. The molecule has 1 heterocycles. The Hall–Kier alpha value is -0.875. The van der Waals surface area contributed by atoms with Gasteiger partial charge in [-0.3, -0.25) is 0 Å². The number of hydrogen-bond acceptors (Lipinski definition) is 4. The van der Waals surface area contributed by atoms with Gasteiger partial charge in [0.25, 0.3) is 0 Å². The third-order valence-corrected chi connectivity index (χ3v) is 4.83. The third-order valence-electron chi connectivity index (χ3n) is 4.83. The lowest BCUT2D eigenvalue weighted by atomic mass is 9.76. The third kappa shape index (κ3) is 2.88. The lowest BCUT2D eigenvalue weighted by Gasteiger charge is -2.32. The number of hydrogen-bond donors (Lipinski definition) is 2. The zero-order valence-electron chi connectivity index (χ0n) is 13.5. The number of rotatable bonds is 4. The van der Waals surface area contributed by atoms with Crippen molar-refractivity contribution in [2.75, 3.05) is 13.2 Å². The molecule has 1 fully saturated rings.